The van der Waals surface area contributed by atoms with E-state index >= 15 is 0 Å². The van der Waals surface area contributed by atoms with Crippen molar-refractivity contribution in [2.45, 2.75) is 6.04 Å². The van der Waals surface area contributed by atoms with Crippen LogP contribution < -0.4 is 10.1 Å². The predicted molar refractivity (Wildman–Crippen MR) is 75.9 cm³/mol. The van der Waals surface area contributed by atoms with Gasteiger partial charge in [0.25, 0.3) is 0 Å². The van der Waals surface area contributed by atoms with Crippen molar-refractivity contribution >= 4 is 27.3 Å². The van der Waals surface area contributed by atoms with Crippen LogP contribution in [-0.2, 0) is 0 Å². The van der Waals surface area contributed by atoms with Crippen LogP contribution in [0.2, 0.25) is 0 Å². The van der Waals surface area contributed by atoms with Crippen LogP contribution in [0.4, 0.5) is 4.39 Å². The SMILES string of the molecule is CNC(c1csc(Br)c1)c1ccc(OC)cc1F. The largest absolute Gasteiger partial charge is 0.497 e. The molecule has 0 aliphatic carbocycles. The van der Waals surface area contributed by atoms with Gasteiger partial charge in [0.05, 0.1) is 16.9 Å². The van der Waals surface area contributed by atoms with E-state index in [1.54, 1.807) is 23.5 Å². The maximum Gasteiger partial charge on any atom is 0.132 e. The van der Waals surface area contributed by atoms with Gasteiger partial charge in [-0.05, 0) is 46.1 Å². The first kappa shape index (κ1) is 13.5. The zero-order chi connectivity index (χ0) is 13.1. The van der Waals surface area contributed by atoms with Crippen molar-refractivity contribution in [3.05, 3.63) is 50.4 Å². The van der Waals surface area contributed by atoms with Gasteiger partial charge in [0.15, 0.2) is 0 Å². The van der Waals surface area contributed by atoms with E-state index in [4.69, 9.17) is 4.74 Å². The molecule has 5 heteroatoms. The molecule has 96 valence electrons. The predicted octanol–water partition coefficient (Wildman–Crippen LogP) is 3.97. The van der Waals surface area contributed by atoms with E-state index in [0.717, 1.165) is 9.35 Å². The van der Waals surface area contributed by atoms with Gasteiger partial charge in [0.1, 0.15) is 11.6 Å². The number of halogens is 2. The molecule has 1 N–H and O–H groups in total. The lowest BCUT2D eigenvalue weighted by atomic mass is 10.0. The highest BCUT2D eigenvalue weighted by atomic mass is 79.9. The molecule has 1 aromatic heterocycles. The maximum absolute atomic E-state index is 14.0. The van der Waals surface area contributed by atoms with Gasteiger partial charge in [0, 0.05) is 11.6 Å². The minimum absolute atomic E-state index is 0.154. The van der Waals surface area contributed by atoms with Crippen molar-refractivity contribution in [3.8, 4) is 5.75 Å². The van der Waals surface area contributed by atoms with E-state index in [1.807, 2.05) is 18.5 Å². The molecule has 1 aromatic carbocycles. The summed E-state index contributed by atoms with van der Waals surface area (Å²) in [4.78, 5) is 0. The molecule has 0 saturated carbocycles. The van der Waals surface area contributed by atoms with Gasteiger partial charge >= 0.3 is 0 Å². The number of hydrogen-bond acceptors (Lipinski definition) is 3. The molecule has 0 fully saturated rings. The highest BCUT2D eigenvalue weighted by molar-refractivity contribution is 9.11. The summed E-state index contributed by atoms with van der Waals surface area (Å²) >= 11 is 5.01. The number of hydrogen-bond donors (Lipinski definition) is 1. The quantitative estimate of drug-likeness (QED) is 0.916. The third-order valence-corrected chi connectivity index (χ3v) is 4.25. The van der Waals surface area contributed by atoms with E-state index in [2.05, 4.69) is 21.2 Å². The summed E-state index contributed by atoms with van der Waals surface area (Å²) in [6.45, 7) is 0. The smallest absolute Gasteiger partial charge is 0.132 e. The molecule has 2 aromatic rings. The normalized spacial score (nSPS) is 12.4. The molecule has 1 unspecified atom stereocenters. The average Bonchev–Trinajstić information content (AvgIpc) is 2.78. The fraction of sp³-hybridized carbons (Fsp3) is 0.231. The summed E-state index contributed by atoms with van der Waals surface area (Å²) < 4.78 is 20.1. The van der Waals surface area contributed by atoms with Gasteiger partial charge in [-0.3, -0.25) is 0 Å². The molecule has 0 aliphatic heterocycles. The first-order chi connectivity index (χ1) is 8.65. The third kappa shape index (κ3) is 2.74. The molecule has 0 bridgehead atoms. The third-order valence-electron chi connectivity index (χ3n) is 2.73. The summed E-state index contributed by atoms with van der Waals surface area (Å²) in [5.41, 5.74) is 1.65. The van der Waals surface area contributed by atoms with Gasteiger partial charge in [-0.15, -0.1) is 11.3 Å². The highest BCUT2D eigenvalue weighted by Gasteiger charge is 2.17. The minimum atomic E-state index is -0.268. The molecule has 1 atom stereocenters. The number of benzene rings is 1. The van der Waals surface area contributed by atoms with Gasteiger partial charge < -0.3 is 10.1 Å². The van der Waals surface area contributed by atoms with E-state index in [0.29, 0.717) is 11.3 Å². The van der Waals surface area contributed by atoms with Gasteiger partial charge in [0.2, 0.25) is 0 Å². The van der Waals surface area contributed by atoms with Crippen molar-refractivity contribution < 1.29 is 9.13 Å². The monoisotopic (exact) mass is 329 g/mol. The van der Waals surface area contributed by atoms with Gasteiger partial charge in [-0.2, -0.15) is 0 Å². The second-order valence-corrected chi connectivity index (χ2v) is 6.08. The molecule has 1 heterocycles. The zero-order valence-electron chi connectivity index (χ0n) is 10.0. The zero-order valence-corrected chi connectivity index (χ0v) is 12.4. The summed E-state index contributed by atoms with van der Waals surface area (Å²) in [5.74, 6) is 0.258. The topological polar surface area (TPSA) is 21.3 Å². The first-order valence-electron chi connectivity index (χ1n) is 5.40. The summed E-state index contributed by atoms with van der Waals surface area (Å²) in [5, 5.41) is 5.14. The summed E-state index contributed by atoms with van der Waals surface area (Å²) in [6, 6.07) is 6.76. The minimum Gasteiger partial charge on any atom is -0.497 e. The van der Waals surface area contributed by atoms with E-state index in [9.17, 15) is 4.39 Å². The Bertz CT molecular complexity index is 544. The van der Waals surface area contributed by atoms with Gasteiger partial charge in [-0.1, -0.05) is 6.07 Å². The second kappa shape index (κ2) is 5.82. The van der Waals surface area contributed by atoms with E-state index in [-0.39, 0.29) is 11.9 Å². The molecule has 0 aliphatic rings. The molecule has 0 amide bonds. The molecule has 18 heavy (non-hydrogen) atoms. The number of methoxy groups -OCH3 is 1. The molecule has 0 radical (unpaired) electrons. The van der Waals surface area contributed by atoms with Crippen LogP contribution in [0.3, 0.4) is 0 Å². The average molecular weight is 330 g/mol. The number of thiophene rings is 1. The highest BCUT2D eigenvalue weighted by Crippen LogP contribution is 2.31. The Hall–Kier alpha value is -0.910. The van der Waals surface area contributed by atoms with Crippen LogP contribution in [0.25, 0.3) is 0 Å². The Kier molecular flexibility index (Phi) is 4.37. The van der Waals surface area contributed by atoms with Crippen LogP contribution in [0.5, 0.6) is 5.75 Å². The van der Waals surface area contributed by atoms with Gasteiger partial charge in [-0.25, -0.2) is 4.39 Å². The van der Waals surface area contributed by atoms with Crippen molar-refractivity contribution in [3.63, 3.8) is 0 Å². The Labute approximate surface area is 118 Å². The van der Waals surface area contributed by atoms with Crippen molar-refractivity contribution in [1.29, 1.82) is 0 Å². The number of nitrogens with one attached hydrogen (secondary N) is 1. The molecule has 0 spiro atoms. The van der Waals surface area contributed by atoms with E-state index < -0.39 is 0 Å². The van der Waals surface area contributed by atoms with E-state index in [1.165, 1.54) is 13.2 Å². The lowest BCUT2D eigenvalue weighted by Gasteiger charge is -2.16. The van der Waals surface area contributed by atoms with Crippen molar-refractivity contribution in [1.82, 2.24) is 5.32 Å². The van der Waals surface area contributed by atoms with Crippen molar-refractivity contribution in [2.75, 3.05) is 14.2 Å². The van der Waals surface area contributed by atoms with Crippen LogP contribution in [-0.4, -0.2) is 14.2 Å². The first-order valence-corrected chi connectivity index (χ1v) is 7.07. The molecule has 2 rings (SSSR count). The lowest BCUT2D eigenvalue weighted by molar-refractivity contribution is 0.410. The van der Waals surface area contributed by atoms with Crippen LogP contribution in [0.15, 0.2) is 33.4 Å². The molecule has 2 nitrogen and oxygen atoms in total. The lowest BCUT2D eigenvalue weighted by Crippen LogP contribution is -2.18. The van der Waals surface area contributed by atoms with Crippen LogP contribution >= 0.6 is 27.3 Å². The number of ether oxygens (including phenoxy) is 1. The molecule has 0 saturated heterocycles. The summed E-state index contributed by atoms with van der Waals surface area (Å²) in [6.07, 6.45) is 0. The molecular weight excluding hydrogens is 317 g/mol. The molecular formula is C13H13BrFNOS. The Balaban J connectivity index is 2.39. The fourth-order valence-corrected chi connectivity index (χ4v) is 3.05. The Morgan fingerprint density at radius 2 is 2.17 bits per heavy atom. The van der Waals surface area contributed by atoms with Crippen molar-refractivity contribution in [2.24, 2.45) is 0 Å². The van der Waals surface area contributed by atoms with Crippen LogP contribution in [0.1, 0.15) is 17.2 Å². The standard InChI is InChI=1S/C13H13BrFNOS/c1-16-13(8-5-12(14)18-7-8)10-4-3-9(17-2)6-11(10)15/h3-7,13,16H,1-2H3. The summed E-state index contributed by atoms with van der Waals surface area (Å²) in [7, 11) is 3.35. The fourth-order valence-electron chi connectivity index (χ4n) is 1.85. The number of rotatable bonds is 4. The maximum atomic E-state index is 14.0. The second-order valence-electron chi connectivity index (χ2n) is 3.79. The Morgan fingerprint density at radius 3 is 2.67 bits per heavy atom. The van der Waals surface area contributed by atoms with Crippen LogP contribution in [0, 0.1) is 5.82 Å². The Morgan fingerprint density at radius 1 is 1.39 bits per heavy atom.